The minimum Gasteiger partial charge on any atom is -0.491 e. The molecule has 0 spiro atoms. The van der Waals surface area contributed by atoms with Crippen molar-refractivity contribution < 1.29 is 19.1 Å². The molecule has 1 heterocycles. The van der Waals surface area contributed by atoms with Gasteiger partial charge in [0.15, 0.2) is 0 Å². The Bertz CT molecular complexity index is 586. The fourth-order valence-corrected chi connectivity index (χ4v) is 1.69. The zero-order valence-corrected chi connectivity index (χ0v) is 10.8. The highest BCUT2D eigenvalue weighted by Crippen LogP contribution is 2.34. The third kappa shape index (κ3) is 2.29. The zero-order chi connectivity index (χ0) is 13.3. The standard InChI is InChI=1S/C13H13ClO4/c1-13(2,12(15)16)7-18-10-4-3-8-5-17-6-9(8)11(10)14/h3-6H,7H2,1-2H3,(H,15,16). The van der Waals surface area contributed by atoms with Crippen molar-refractivity contribution in [3.8, 4) is 5.75 Å². The minimum absolute atomic E-state index is 0.0470. The van der Waals surface area contributed by atoms with Gasteiger partial charge in [-0.3, -0.25) is 4.79 Å². The van der Waals surface area contributed by atoms with Gasteiger partial charge < -0.3 is 14.3 Å². The molecule has 18 heavy (non-hydrogen) atoms. The highest BCUT2D eigenvalue weighted by atomic mass is 35.5. The maximum Gasteiger partial charge on any atom is 0.312 e. The number of hydrogen-bond acceptors (Lipinski definition) is 3. The Hall–Kier alpha value is -1.68. The molecule has 5 heteroatoms. The summed E-state index contributed by atoms with van der Waals surface area (Å²) in [6, 6.07) is 3.52. The number of rotatable bonds is 4. The molecular formula is C13H13ClO4. The smallest absolute Gasteiger partial charge is 0.312 e. The molecule has 0 radical (unpaired) electrons. The van der Waals surface area contributed by atoms with Crippen LogP contribution in [0.3, 0.4) is 0 Å². The molecular weight excluding hydrogens is 256 g/mol. The Morgan fingerprint density at radius 2 is 2.17 bits per heavy atom. The molecule has 2 aromatic rings. The Morgan fingerprint density at radius 3 is 2.83 bits per heavy atom. The van der Waals surface area contributed by atoms with Crippen LogP contribution < -0.4 is 4.74 Å². The molecule has 0 amide bonds. The van der Waals surface area contributed by atoms with E-state index in [2.05, 4.69) is 0 Å². The van der Waals surface area contributed by atoms with Gasteiger partial charge in [-0.1, -0.05) is 11.6 Å². The van der Waals surface area contributed by atoms with Crippen molar-refractivity contribution in [3.05, 3.63) is 29.7 Å². The van der Waals surface area contributed by atoms with Crippen molar-refractivity contribution in [1.82, 2.24) is 0 Å². The Kier molecular flexibility index (Phi) is 3.22. The first-order chi connectivity index (χ1) is 8.42. The summed E-state index contributed by atoms with van der Waals surface area (Å²) in [4.78, 5) is 11.0. The van der Waals surface area contributed by atoms with E-state index in [0.717, 1.165) is 10.8 Å². The zero-order valence-electron chi connectivity index (χ0n) is 10.1. The average molecular weight is 269 g/mol. The number of halogens is 1. The molecule has 0 aliphatic heterocycles. The maximum atomic E-state index is 11.0. The first-order valence-electron chi connectivity index (χ1n) is 5.42. The molecule has 0 aliphatic carbocycles. The summed E-state index contributed by atoms with van der Waals surface area (Å²) >= 11 is 6.16. The second-order valence-corrected chi connectivity index (χ2v) is 5.11. The van der Waals surface area contributed by atoms with Gasteiger partial charge in [-0.25, -0.2) is 0 Å². The quantitative estimate of drug-likeness (QED) is 0.921. The molecule has 96 valence electrons. The van der Waals surface area contributed by atoms with Crippen LogP contribution in [-0.4, -0.2) is 17.7 Å². The number of hydrogen-bond donors (Lipinski definition) is 1. The van der Waals surface area contributed by atoms with Gasteiger partial charge in [0, 0.05) is 10.8 Å². The van der Waals surface area contributed by atoms with Gasteiger partial charge in [0.25, 0.3) is 0 Å². The summed E-state index contributed by atoms with van der Waals surface area (Å²) in [6.07, 6.45) is 3.12. The van der Waals surface area contributed by atoms with Crippen LogP contribution in [0.15, 0.2) is 29.1 Å². The summed E-state index contributed by atoms with van der Waals surface area (Å²) < 4.78 is 10.5. The third-order valence-electron chi connectivity index (χ3n) is 2.73. The number of benzene rings is 1. The Morgan fingerprint density at radius 1 is 1.44 bits per heavy atom. The second-order valence-electron chi connectivity index (χ2n) is 4.73. The van der Waals surface area contributed by atoms with Crippen LogP contribution in [0.25, 0.3) is 10.8 Å². The van der Waals surface area contributed by atoms with Crippen molar-refractivity contribution in [1.29, 1.82) is 0 Å². The number of ether oxygens (including phenoxy) is 1. The van der Waals surface area contributed by atoms with Crippen LogP contribution in [-0.2, 0) is 4.79 Å². The van der Waals surface area contributed by atoms with Crippen molar-refractivity contribution in [3.63, 3.8) is 0 Å². The lowest BCUT2D eigenvalue weighted by Gasteiger charge is -2.20. The predicted molar refractivity (Wildman–Crippen MR) is 68.1 cm³/mol. The lowest BCUT2D eigenvalue weighted by atomic mass is 9.95. The molecule has 0 saturated carbocycles. The summed E-state index contributed by atoms with van der Waals surface area (Å²) in [5.74, 6) is -0.456. The van der Waals surface area contributed by atoms with Crippen LogP contribution in [0.5, 0.6) is 5.75 Å². The van der Waals surface area contributed by atoms with Crippen LogP contribution in [0.4, 0.5) is 0 Å². The lowest BCUT2D eigenvalue weighted by Crippen LogP contribution is -2.30. The molecule has 0 saturated heterocycles. The summed E-state index contributed by atoms with van der Waals surface area (Å²) in [7, 11) is 0. The first kappa shape index (κ1) is 12.8. The monoisotopic (exact) mass is 268 g/mol. The molecule has 1 aromatic carbocycles. The third-order valence-corrected chi connectivity index (χ3v) is 3.12. The lowest BCUT2D eigenvalue weighted by molar-refractivity contribution is -0.148. The summed E-state index contributed by atoms with van der Waals surface area (Å²) in [5, 5.41) is 11.1. The van der Waals surface area contributed by atoms with Gasteiger partial charge in [0.2, 0.25) is 0 Å². The van der Waals surface area contributed by atoms with Gasteiger partial charge in [0.1, 0.15) is 12.4 Å². The predicted octanol–water partition coefficient (Wildman–Crippen LogP) is 3.58. The van der Waals surface area contributed by atoms with Gasteiger partial charge in [0.05, 0.1) is 23.0 Å². The van der Waals surface area contributed by atoms with E-state index >= 15 is 0 Å². The fraction of sp³-hybridized carbons (Fsp3) is 0.308. The molecule has 0 bridgehead atoms. The maximum absolute atomic E-state index is 11.0. The van der Waals surface area contributed by atoms with Gasteiger partial charge in [-0.15, -0.1) is 0 Å². The highest BCUT2D eigenvalue weighted by Gasteiger charge is 2.28. The van der Waals surface area contributed by atoms with Crippen LogP contribution in [0, 0.1) is 5.41 Å². The van der Waals surface area contributed by atoms with Crippen molar-refractivity contribution in [2.75, 3.05) is 6.61 Å². The molecule has 2 rings (SSSR count). The van der Waals surface area contributed by atoms with E-state index in [1.54, 1.807) is 26.2 Å². The molecule has 1 aromatic heterocycles. The first-order valence-corrected chi connectivity index (χ1v) is 5.80. The molecule has 0 unspecified atom stereocenters. The Labute approximate surface area is 109 Å². The van der Waals surface area contributed by atoms with Gasteiger partial charge in [-0.05, 0) is 26.0 Å². The number of carboxylic acids is 1. The molecule has 1 N–H and O–H groups in total. The number of fused-ring (bicyclic) bond motifs is 1. The molecule has 0 atom stereocenters. The largest absolute Gasteiger partial charge is 0.491 e. The van der Waals surface area contributed by atoms with E-state index in [0.29, 0.717) is 10.8 Å². The minimum atomic E-state index is -0.964. The van der Waals surface area contributed by atoms with Crippen LogP contribution in [0.1, 0.15) is 13.8 Å². The number of aliphatic carboxylic acids is 1. The summed E-state index contributed by atoms with van der Waals surface area (Å²) in [6.45, 7) is 3.24. The number of carboxylic acid groups (broad SMARTS) is 1. The van der Waals surface area contributed by atoms with E-state index in [1.165, 1.54) is 6.26 Å². The second kappa shape index (κ2) is 4.53. The highest BCUT2D eigenvalue weighted by molar-refractivity contribution is 6.37. The van der Waals surface area contributed by atoms with Gasteiger partial charge >= 0.3 is 5.97 Å². The van der Waals surface area contributed by atoms with Crippen molar-refractivity contribution in [2.45, 2.75) is 13.8 Å². The van der Waals surface area contributed by atoms with E-state index in [-0.39, 0.29) is 6.61 Å². The van der Waals surface area contributed by atoms with Crippen molar-refractivity contribution >= 4 is 28.3 Å². The number of furan rings is 1. The van der Waals surface area contributed by atoms with E-state index in [4.69, 9.17) is 25.9 Å². The molecule has 0 aliphatic rings. The topological polar surface area (TPSA) is 59.7 Å². The van der Waals surface area contributed by atoms with Crippen LogP contribution in [0.2, 0.25) is 5.02 Å². The van der Waals surface area contributed by atoms with E-state index in [1.807, 2.05) is 6.07 Å². The fourth-order valence-electron chi connectivity index (χ4n) is 1.42. The van der Waals surface area contributed by atoms with E-state index < -0.39 is 11.4 Å². The SMILES string of the molecule is CC(C)(COc1ccc2cocc2c1Cl)C(=O)O. The van der Waals surface area contributed by atoms with E-state index in [9.17, 15) is 4.79 Å². The average Bonchev–Trinajstić information content (AvgIpc) is 2.77. The molecule has 0 fully saturated rings. The normalized spacial score (nSPS) is 11.7. The van der Waals surface area contributed by atoms with Gasteiger partial charge in [-0.2, -0.15) is 0 Å². The summed E-state index contributed by atoms with van der Waals surface area (Å²) in [5.41, 5.74) is -0.964. The Balaban J connectivity index is 2.22. The number of carbonyl (C=O) groups is 1. The van der Waals surface area contributed by atoms with Crippen LogP contribution >= 0.6 is 11.6 Å². The molecule has 4 nitrogen and oxygen atoms in total. The van der Waals surface area contributed by atoms with Crippen molar-refractivity contribution in [2.24, 2.45) is 5.41 Å².